The van der Waals surface area contributed by atoms with Gasteiger partial charge in [0.15, 0.2) is 0 Å². The fourth-order valence-corrected chi connectivity index (χ4v) is 0.943. The average Bonchev–Trinajstić information content (AvgIpc) is 2.15. The minimum Gasteiger partial charge on any atom is -0.544 e. The van der Waals surface area contributed by atoms with Gasteiger partial charge in [-0.25, -0.2) is 4.79 Å². The minimum atomic E-state index is -1.18. The number of esters is 1. The van der Waals surface area contributed by atoms with Crippen molar-refractivity contribution < 1.29 is 24.7 Å². The van der Waals surface area contributed by atoms with Crippen molar-refractivity contribution in [2.75, 3.05) is 0 Å². The Labute approximate surface area is 89.1 Å². The van der Waals surface area contributed by atoms with E-state index in [1.54, 1.807) is 0 Å². The number of ether oxygens (including phenoxy) is 1. The van der Waals surface area contributed by atoms with Crippen LogP contribution in [-0.2, 0) is 14.3 Å². The zero-order valence-electron chi connectivity index (χ0n) is 9.23. The third-order valence-corrected chi connectivity index (χ3v) is 1.93. The summed E-state index contributed by atoms with van der Waals surface area (Å²) in [5.74, 6) is -1.73. The highest BCUT2D eigenvalue weighted by Gasteiger charge is 2.23. The first kappa shape index (κ1) is 13.6. The number of hydrogen-bond donors (Lipinski definition) is 1. The maximum Gasteiger partial charge on any atom is 0.334 e. The topological polar surface area (TPSA) is 83.0 Å². The highest BCUT2D eigenvalue weighted by atomic mass is 16.6. The largest absolute Gasteiger partial charge is 0.544 e. The fraction of sp³-hybridized carbons (Fsp3) is 0.600. The number of hydrogen-bond acceptors (Lipinski definition) is 4. The van der Waals surface area contributed by atoms with Crippen LogP contribution in [0.1, 0.15) is 20.8 Å². The molecular formula is C10H17NO4. The van der Waals surface area contributed by atoms with Crippen molar-refractivity contribution in [3.63, 3.8) is 0 Å². The monoisotopic (exact) mass is 215 g/mol. The number of carbonyl (C=O) groups is 2. The average molecular weight is 215 g/mol. The van der Waals surface area contributed by atoms with Gasteiger partial charge in [0, 0.05) is 12.0 Å². The SMILES string of the molecule is C=CC(=O)OC([NH2+]C(C)C(=O)[O-])C(C)C. The highest BCUT2D eigenvalue weighted by molar-refractivity contribution is 5.81. The van der Waals surface area contributed by atoms with Gasteiger partial charge >= 0.3 is 5.97 Å². The number of carboxylic acid groups (broad SMARTS) is 1. The first-order valence-electron chi connectivity index (χ1n) is 4.77. The zero-order chi connectivity index (χ0) is 12.0. The molecule has 5 heteroatoms. The molecule has 0 aliphatic rings. The van der Waals surface area contributed by atoms with Gasteiger partial charge in [0.2, 0.25) is 6.23 Å². The molecule has 0 bridgehead atoms. The van der Waals surface area contributed by atoms with Crippen LogP contribution in [-0.4, -0.2) is 24.2 Å². The number of quaternary nitrogens is 1. The molecule has 0 heterocycles. The van der Waals surface area contributed by atoms with Gasteiger partial charge in [-0.2, -0.15) is 0 Å². The van der Waals surface area contributed by atoms with Crippen molar-refractivity contribution in [3.8, 4) is 0 Å². The van der Waals surface area contributed by atoms with E-state index in [2.05, 4.69) is 6.58 Å². The van der Waals surface area contributed by atoms with E-state index < -0.39 is 24.2 Å². The molecule has 0 fully saturated rings. The molecule has 86 valence electrons. The third-order valence-electron chi connectivity index (χ3n) is 1.93. The van der Waals surface area contributed by atoms with Crippen molar-refractivity contribution in [1.82, 2.24) is 0 Å². The summed E-state index contributed by atoms with van der Waals surface area (Å²) in [6.45, 7) is 8.41. The van der Waals surface area contributed by atoms with Crippen molar-refractivity contribution in [1.29, 1.82) is 0 Å². The maximum atomic E-state index is 11.0. The molecule has 0 radical (unpaired) electrons. The molecule has 2 unspecified atom stereocenters. The summed E-state index contributed by atoms with van der Waals surface area (Å²) in [5.41, 5.74) is 0. The van der Waals surface area contributed by atoms with Crippen molar-refractivity contribution >= 4 is 11.9 Å². The molecule has 0 aliphatic carbocycles. The molecule has 0 aromatic carbocycles. The Morgan fingerprint density at radius 1 is 1.40 bits per heavy atom. The second-order valence-electron chi connectivity index (χ2n) is 3.65. The van der Waals surface area contributed by atoms with E-state index in [0.29, 0.717) is 0 Å². The molecule has 0 saturated heterocycles. The number of rotatable bonds is 6. The van der Waals surface area contributed by atoms with Gasteiger partial charge in [-0.3, -0.25) is 0 Å². The Morgan fingerprint density at radius 2 is 1.93 bits per heavy atom. The van der Waals surface area contributed by atoms with Crippen molar-refractivity contribution in [3.05, 3.63) is 12.7 Å². The smallest absolute Gasteiger partial charge is 0.334 e. The number of carbonyl (C=O) groups excluding carboxylic acids is 2. The third kappa shape index (κ3) is 5.17. The lowest BCUT2D eigenvalue weighted by atomic mass is 10.1. The van der Waals surface area contributed by atoms with Crippen LogP contribution in [0.3, 0.4) is 0 Å². The Hall–Kier alpha value is -1.36. The van der Waals surface area contributed by atoms with E-state index in [0.717, 1.165) is 6.08 Å². The van der Waals surface area contributed by atoms with Gasteiger partial charge in [0.05, 0.1) is 5.97 Å². The zero-order valence-corrected chi connectivity index (χ0v) is 9.23. The van der Waals surface area contributed by atoms with Gasteiger partial charge in [0.1, 0.15) is 6.04 Å². The second-order valence-corrected chi connectivity index (χ2v) is 3.65. The summed E-state index contributed by atoms with van der Waals surface area (Å²) < 4.78 is 4.98. The molecule has 0 amide bonds. The Kier molecular flexibility index (Phi) is 5.62. The van der Waals surface area contributed by atoms with Crippen LogP contribution in [0.4, 0.5) is 0 Å². The maximum absolute atomic E-state index is 11.0. The summed E-state index contributed by atoms with van der Waals surface area (Å²) in [4.78, 5) is 21.5. The van der Waals surface area contributed by atoms with Gasteiger partial charge in [-0.05, 0) is 6.92 Å². The van der Waals surface area contributed by atoms with Gasteiger partial charge in [-0.15, -0.1) is 0 Å². The Balaban J connectivity index is 4.34. The summed E-state index contributed by atoms with van der Waals surface area (Å²) in [5, 5.41) is 12.0. The summed E-state index contributed by atoms with van der Waals surface area (Å²) in [7, 11) is 0. The minimum absolute atomic E-state index is 0.00991. The van der Waals surface area contributed by atoms with E-state index in [-0.39, 0.29) is 5.92 Å². The van der Waals surface area contributed by atoms with Crippen LogP contribution in [0.5, 0.6) is 0 Å². The van der Waals surface area contributed by atoms with Crippen LogP contribution in [0, 0.1) is 5.92 Å². The standard InChI is InChI=1S/C10H17NO4/c1-5-8(12)15-9(6(2)3)11-7(4)10(13)14/h5-7,9,11H,1H2,2-4H3,(H,13,14). The van der Waals surface area contributed by atoms with E-state index in [9.17, 15) is 14.7 Å². The van der Waals surface area contributed by atoms with Crippen LogP contribution in [0.2, 0.25) is 0 Å². The van der Waals surface area contributed by atoms with Crippen LogP contribution < -0.4 is 10.4 Å². The van der Waals surface area contributed by atoms with Gasteiger partial charge in [-0.1, -0.05) is 20.4 Å². The van der Waals surface area contributed by atoms with Gasteiger partial charge in [0.25, 0.3) is 0 Å². The van der Waals surface area contributed by atoms with Crippen LogP contribution >= 0.6 is 0 Å². The van der Waals surface area contributed by atoms with E-state index in [1.165, 1.54) is 12.2 Å². The predicted octanol–water partition coefficient (Wildman–Crippen LogP) is -1.60. The molecule has 0 aromatic rings. The normalized spacial score (nSPS) is 14.4. The molecular weight excluding hydrogens is 198 g/mol. The lowest BCUT2D eigenvalue weighted by Gasteiger charge is -2.22. The number of carboxylic acids is 1. The molecule has 0 aliphatic heterocycles. The van der Waals surface area contributed by atoms with Crippen molar-refractivity contribution in [2.24, 2.45) is 5.92 Å². The van der Waals surface area contributed by atoms with E-state index >= 15 is 0 Å². The van der Waals surface area contributed by atoms with Crippen LogP contribution in [0.15, 0.2) is 12.7 Å². The Bertz CT molecular complexity index is 250. The lowest BCUT2D eigenvalue weighted by molar-refractivity contribution is -0.748. The lowest BCUT2D eigenvalue weighted by Crippen LogP contribution is -2.98. The number of aliphatic carboxylic acids is 1. The molecule has 0 saturated carbocycles. The first-order chi connectivity index (χ1) is 6.88. The van der Waals surface area contributed by atoms with Crippen LogP contribution in [0.25, 0.3) is 0 Å². The second kappa shape index (κ2) is 6.19. The quantitative estimate of drug-likeness (QED) is 0.328. The van der Waals surface area contributed by atoms with Gasteiger partial charge < -0.3 is 20.0 Å². The molecule has 15 heavy (non-hydrogen) atoms. The summed E-state index contributed by atoms with van der Waals surface area (Å²) in [6, 6.07) is -0.755. The number of nitrogens with two attached hydrogens (primary N) is 1. The fourth-order valence-electron chi connectivity index (χ4n) is 0.943. The van der Waals surface area contributed by atoms with E-state index in [4.69, 9.17) is 4.74 Å². The van der Waals surface area contributed by atoms with E-state index in [1.807, 2.05) is 13.8 Å². The first-order valence-corrected chi connectivity index (χ1v) is 4.77. The summed E-state index contributed by atoms with van der Waals surface area (Å²) in [6.07, 6.45) is 0.510. The molecule has 2 N–H and O–H groups in total. The predicted molar refractivity (Wildman–Crippen MR) is 51.3 cm³/mol. The Morgan fingerprint density at radius 3 is 2.27 bits per heavy atom. The molecule has 5 nitrogen and oxygen atoms in total. The molecule has 0 rings (SSSR count). The molecule has 2 atom stereocenters. The molecule has 0 spiro atoms. The molecule has 0 aromatic heterocycles. The van der Waals surface area contributed by atoms with Crippen molar-refractivity contribution in [2.45, 2.75) is 33.0 Å². The summed E-state index contributed by atoms with van der Waals surface area (Å²) >= 11 is 0. The highest BCUT2D eigenvalue weighted by Crippen LogP contribution is 1.99.